The Morgan fingerprint density at radius 2 is 1.42 bits per heavy atom. The largest absolute Gasteiger partial charge is 0.497 e. The number of hydrogen-bond acceptors (Lipinski definition) is 11. The zero-order chi connectivity index (χ0) is 35.4. The van der Waals surface area contributed by atoms with Gasteiger partial charge in [0, 0.05) is 36.0 Å². The number of fused-ring (bicyclic) bond motifs is 3. The number of pyridine rings is 1. The van der Waals surface area contributed by atoms with Crippen molar-refractivity contribution in [2.24, 2.45) is 0 Å². The molecular weight excluding hydrogens is 656 g/mol. The van der Waals surface area contributed by atoms with Crippen LogP contribution in [0.25, 0.3) is 34.1 Å². The van der Waals surface area contributed by atoms with E-state index in [9.17, 15) is 0 Å². The van der Waals surface area contributed by atoms with Crippen LogP contribution in [-0.2, 0) is 0 Å². The molecule has 2 N–H and O–H groups in total. The quantitative estimate of drug-likeness (QED) is 0.172. The topological polar surface area (TPSA) is 138 Å². The molecule has 0 fully saturated rings. The molecule has 5 aromatic heterocycles. The van der Waals surface area contributed by atoms with Gasteiger partial charge >= 0.3 is 0 Å². The molecule has 9 rings (SSSR count). The number of imidazole rings is 2. The minimum Gasteiger partial charge on any atom is -0.497 e. The van der Waals surface area contributed by atoms with E-state index in [2.05, 4.69) is 40.5 Å². The maximum absolute atomic E-state index is 5.64. The molecule has 0 saturated carbocycles. The highest BCUT2D eigenvalue weighted by atomic mass is 16.6. The summed E-state index contributed by atoms with van der Waals surface area (Å²) in [6.07, 6.45) is 5.45. The standard InChI is InChI=1S/C20H17N5O2.C19H17N5O/c1-13-19(25-9-3-2-4-18(25)22-13)20-21-8-7-17(24-20)23-14-5-6-15-16(12-14)27-11-10-26-15;1-13-21-16-5-3-4-6-17(16)24(13)19-20-12-11-18(23-19)22-14-7-9-15(25-2)10-8-14/h2-9,12H,10-11H2,1H3,(H,21,23,24);3-12H,1-2H3,(H,20,22,23). The molecule has 0 saturated heterocycles. The minimum absolute atomic E-state index is 0.557. The van der Waals surface area contributed by atoms with Crippen LogP contribution in [0.5, 0.6) is 17.2 Å². The van der Waals surface area contributed by atoms with Gasteiger partial charge < -0.3 is 24.8 Å². The van der Waals surface area contributed by atoms with Crippen molar-refractivity contribution in [3.8, 4) is 34.7 Å². The number of benzene rings is 3. The van der Waals surface area contributed by atoms with Crippen LogP contribution in [0.1, 0.15) is 11.5 Å². The fraction of sp³-hybridized carbons (Fsp3) is 0.128. The third-order valence-corrected chi connectivity index (χ3v) is 8.32. The first-order valence-corrected chi connectivity index (χ1v) is 16.6. The molecule has 52 heavy (non-hydrogen) atoms. The van der Waals surface area contributed by atoms with Gasteiger partial charge in [-0.3, -0.25) is 8.97 Å². The first kappa shape index (κ1) is 32.2. The molecule has 0 unspecified atom stereocenters. The number of rotatable bonds is 7. The number of nitrogens with zero attached hydrogens (tertiary/aromatic N) is 8. The highest BCUT2D eigenvalue weighted by Gasteiger charge is 2.16. The lowest BCUT2D eigenvalue weighted by Crippen LogP contribution is -2.15. The van der Waals surface area contributed by atoms with Gasteiger partial charge in [0.2, 0.25) is 5.95 Å². The van der Waals surface area contributed by atoms with E-state index in [0.29, 0.717) is 36.6 Å². The van der Waals surface area contributed by atoms with Gasteiger partial charge in [0.25, 0.3) is 0 Å². The Labute approximate surface area is 299 Å². The van der Waals surface area contributed by atoms with E-state index in [1.807, 2.05) is 126 Å². The van der Waals surface area contributed by atoms with Crippen molar-refractivity contribution in [3.63, 3.8) is 0 Å². The highest BCUT2D eigenvalue weighted by molar-refractivity contribution is 5.77. The van der Waals surface area contributed by atoms with Gasteiger partial charge in [0.1, 0.15) is 47.8 Å². The molecule has 6 heterocycles. The van der Waals surface area contributed by atoms with Crippen LogP contribution in [0.15, 0.2) is 116 Å². The van der Waals surface area contributed by atoms with E-state index in [1.54, 1.807) is 19.5 Å². The summed E-state index contributed by atoms with van der Waals surface area (Å²) in [6.45, 7) is 5.05. The number of hydrogen-bond donors (Lipinski definition) is 2. The zero-order valence-corrected chi connectivity index (χ0v) is 28.7. The Bertz CT molecular complexity index is 2510. The number of ether oxygens (including phenoxy) is 3. The second-order valence-corrected chi connectivity index (χ2v) is 11.8. The number of aryl methyl sites for hydroxylation is 2. The number of aromatic nitrogens is 8. The summed E-state index contributed by atoms with van der Waals surface area (Å²) in [6, 6.07) is 31.0. The molecule has 0 radical (unpaired) electrons. The van der Waals surface area contributed by atoms with E-state index >= 15 is 0 Å². The molecule has 13 nitrogen and oxygen atoms in total. The highest BCUT2D eigenvalue weighted by Crippen LogP contribution is 2.34. The normalized spacial score (nSPS) is 11.9. The Hall–Kier alpha value is -7.02. The van der Waals surface area contributed by atoms with Crippen LogP contribution < -0.4 is 24.8 Å². The summed E-state index contributed by atoms with van der Waals surface area (Å²) in [5.74, 6) is 5.78. The summed E-state index contributed by atoms with van der Waals surface area (Å²) in [5, 5.41) is 6.59. The van der Waals surface area contributed by atoms with Crippen LogP contribution in [0.2, 0.25) is 0 Å². The molecule has 8 aromatic rings. The molecule has 0 aliphatic carbocycles. The van der Waals surface area contributed by atoms with E-state index in [4.69, 9.17) is 14.2 Å². The van der Waals surface area contributed by atoms with Gasteiger partial charge in [-0.2, -0.15) is 4.98 Å². The molecule has 1 aliphatic heterocycles. The minimum atomic E-state index is 0.557. The lowest BCUT2D eigenvalue weighted by atomic mass is 10.2. The molecular formula is C39H34N10O3. The van der Waals surface area contributed by atoms with Crippen LogP contribution >= 0.6 is 0 Å². The second-order valence-electron chi connectivity index (χ2n) is 11.8. The van der Waals surface area contributed by atoms with Crippen molar-refractivity contribution >= 4 is 39.7 Å². The maximum Gasteiger partial charge on any atom is 0.237 e. The predicted octanol–water partition coefficient (Wildman–Crippen LogP) is 7.49. The second kappa shape index (κ2) is 14.1. The molecule has 0 atom stereocenters. The van der Waals surface area contributed by atoms with Crippen molar-refractivity contribution in [1.29, 1.82) is 0 Å². The Kier molecular flexibility index (Phi) is 8.71. The molecule has 0 amide bonds. The first-order valence-electron chi connectivity index (χ1n) is 16.6. The lowest BCUT2D eigenvalue weighted by molar-refractivity contribution is 0.171. The summed E-state index contributed by atoms with van der Waals surface area (Å²) >= 11 is 0. The van der Waals surface area contributed by atoms with Crippen LogP contribution in [-0.4, -0.2) is 59.2 Å². The average Bonchev–Trinajstić information content (AvgIpc) is 3.70. The van der Waals surface area contributed by atoms with Gasteiger partial charge in [-0.1, -0.05) is 18.2 Å². The van der Waals surface area contributed by atoms with Gasteiger partial charge in [-0.25, -0.2) is 24.9 Å². The molecule has 258 valence electrons. The zero-order valence-electron chi connectivity index (χ0n) is 28.7. The Morgan fingerprint density at radius 1 is 0.692 bits per heavy atom. The number of para-hydroxylation sites is 2. The summed E-state index contributed by atoms with van der Waals surface area (Å²) in [5.41, 5.74) is 6.36. The Morgan fingerprint density at radius 3 is 2.27 bits per heavy atom. The van der Waals surface area contributed by atoms with Crippen molar-refractivity contribution < 1.29 is 14.2 Å². The number of nitrogens with one attached hydrogen (secondary N) is 2. The van der Waals surface area contributed by atoms with Crippen molar-refractivity contribution in [2.75, 3.05) is 31.0 Å². The SMILES string of the molecule is COc1ccc(Nc2ccnc(-n3c(C)nc4ccccc43)n2)cc1.Cc1nc2ccccn2c1-c1nccc(Nc2ccc3c(c2)OCCO3)n1. The fourth-order valence-corrected chi connectivity index (χ4v) is 5.94. The van der Waals surface area contributed by atoms with Crippen molar-refractivity contribution in [1.82, 2.24) is 38.9 Å². The fourth-order valence-electron chi connectivity index (χ4n) is 5.94. The van der Waals surface area contributed by atoms with Crippen molar-refractivity contribution in [3.05, 3.63) is 127 Å². The average molecular weight is 691 g/mol. The Balaban J connectivity index is 0.000000149. The first-order chi connectivity index (χ1) is 25.5. The third-order valence-electron chi connectivity index (χ3n) is 8.32. The maximum atomic E-state index is 5.64. The van der Waals surface area contributed by atoms with Crippen molar-refractivity contribution in [2.45, 2.75) is 13.8 Å². The number of anilines is 4. The van der Waals surface area contributed by atoms with Crippen LogP contribution in [0.3, 0.4) is 0 Å². The van der Waals surface area contributed by atoms with E-state index in [-0.39, 0.29) is 0 Å². The smallest absolute Gasteiger partial charge is 0.237 e. The van der Waals surface area contributed by atoms with E-state index in [0.717, 1.165) is 62.5 Å². The van der Waals surface area contributed by atoms with Gasteiger partial charge in [0.15, 0.2) is 17.3 Å². The summed E-state index contributed by atoms with van der Waals surface area (Å²) < 4.78 is 20.3. The molecule has 0 bridgehead atoms. The molecule has 3 aromatic carbocycles. The molecule has 0 spiro atoms. The van der Waals surface area contributed by atoms with E-state index in [1.165, 1.54) is 0 Å². The third kappa shape index (κ3) is 6.62. The monoisotopic (exact) mass is 690 g/mol. The van der Waals surface area contributed by atoms with Crippen LogP contribution in [0.4, 0.5) is 23.0 Å². The van der Waals surface area contributed by atoms with E-state index < -0.39 is 0 Å². The molecule has 13 heteroatoms. The van der Waals surface area contributed by atoms with Gasteiger partial charge in [-0.05, 0) is 86.6 Å². The lowest BCUT2D eigenvalue weighted by Gasteiger charge is -2.19. The summed E-state index contributed by atoms with van der Waals surface area (Å²) in [7, 11) is 1.65. The van der Waals surface area contributed by atoms with Crippen LogP contribution in [0, 0.1) is 13.8 Å². The van der Waals surface area contributed by atoms with Gasteiger partial charge in [-0.15, -0.1) is 0 Å². The summed E-state index contributed by atoms with van der Waals surface area (Å²) in [4.78, 5) is 27.3. The van der Waals surface area contributed by atoms with Gasteiger partial charge in [0.05, 0.1) is 23.8 Å². The molecule has 1 aliphatic rings. The number of methoxy groups -OCH3 is 1. The predicted molar refractivity (Wildman–Crippen MR) is 199 cm³/mol.